The standard InChI is InChI=1S/C10H21N3OS/c1-8-9(2)15-7-6-13(8)5-3-4-10(14)12-11/h8-9H,3-7,11H2,1-2H3,(H,12,14). The smallest absolute Gasteiger partial charge is 0.233 e. The molecule has 1 rings (SSSR count). The lowest BCUT2D eigenvalue weighted by molar-refractivity contribution is -0.121. The number of nitrogens with two attached hydrogens (primary N) is 1. The van der Waals surface area contributed by atoms with Gasteiger partial charge in [-0.15, -0.1) is 0 Å². The van der Waals surface area contributed by atoms with Crippen molar-refractivity contribution in [3.05, 3.63) is 0 Å². The van der Waals surface area contributed by atoms with Gasteiger partial charge in [0.1, 0.15) is 0 Å². The Balaban J connectivity index is 2.22. The molecule has 0 aromatic rings. The summed E-state index contributed by atoms with van der Waals surface area (Å²) in [4.78, 5) is 13.4. The van der Waals surface area contributed by atoms with Crippen LogP contribution in [0, 0.1) is 0 Å². The van der Waals surface area contributed by atoms with Crippen LogP contribution in [-0.4, -0.2) is 40.9 Å². The van der Waals surface area contributed by atoms with Crippen molar-refractivity contribution in [1.29, 1.82) is 0 Å². The van der Waals surface area contributed by atoms with Gasteiger partial charge in [0.25, 0.3) is 0 Å². The molecule has 1 heterocycles. The maximum atomic E-state index is 10.9. The number of rotatable bonds is 4. The molecule has 0 saturated carbocycles. The molecule has 88 valence electrons. The summed E-state index contributed by atoms with van der Waals surface area (Å²) in [5, 5.41) is 0.696. The first-order chi connectivity index (χ1) is 7.15. The highest BCUT2D eigenvalue weighted by molar-refractivity contribution is 8.00. The molecule has 15 heavy (non-hydrogen) atoms. The van der Waals surface area contributed by atoms with Gasteiger partial charge in [0.15, 0.2) is 0 Å². The fraction of sp³-hybridized carbons (Fsp3) is 0.900. The molecular formula is C10H21N3OS. The van der Waals surface area contributed by atoms with Crippen LogP contribution in [0.25, 0.3) is 0 Å². The Morgan fingerprint density at radius 3 is 3.00 bits per heavy atom. The van der Waals surface area contributed by atoms with E-state index in [1.54, 1.807) is 0 Å². The van der Waals surface area contributed by atoms with E-state index < -0.39 is 0 Å². The Hall–Kier alpha value is -0.260. The molecule has 0 bridgehead atoms. The van der Waals surface area contributed by atoms with E-state index in [2.05, 4.69) is 24.2 Å². The van der Waals surface area contributed by atoms with Gasteiger partial charge in [-0.25, -0.2) is 5.84 Å². The zero-order valence-electron chi connectivity index (χ0n) is 9.53. The Kier molecular flexibility index (Phi) is 5.42. The first-order valence-electron chi connectivity index (χ1n) is 5.50. The normalized spacial score (nSPS) is 27.7. The summed E-state index contributed by atoms with van der Waals surface area (Å²) in [6, 6.07) is 0.615. The largest absolute Gasteiger partial charge is 0.299 e. The van der Waals surface area contributed by atoms with E-state index >= 15 is 0 Å². The molecule has 5 heteroatoms. The summed E-state index contributed by atoms with van der Waals surface area (Å²) in [6.07, 6.45) is 1.42. The monoisotopic (exact) mass is 231 g/mol. The molecule has 1 aliphatic rings. The fourth-order valence-corrected chi connectivity index (χ4v) is 2.99. The van der Waals surface area contributed by atoms with Crippen molar-refractivity contribution < 1.29 is 4.79 Å². The van der Waals surface area contributed by atoms with Crippen LogP contribution in [-0.2, 0) is 4.79 Å². The molecule has 0 aliphatic carbocycles. The summed E-state index contributed by atoms with van der Waals surface area (Å²) >= 11 is 2.03. The van der Waals surface area contributed by atoms with Gasteiger partial charge in [-0.05, 0) is 19.9 Å². The van der Waals surface area contributed by atoms with Gasteiger partial charge in [-0.2, -0.15) is 11.8 Å². The van der Waals surface area contributed by atoms with Crippen molar-refractivity contribution in [1.82, 2.24) is 10.3 Å². The van der Waals surface area contributed by atoms with Gasteiger partial charge < -0.3 is 0 Å². The predicted octanol–water partition coefficient (Wildman–Crippen LogP) is 0.582. The first-order valence-corrected chi connectivity index (χ1v) is 6.55. The highest BCUT2D eigenvalue weighted by atomic mass is 32.2. The summed E-state index contributed by atoms with van der Waals surface area (Å²) in [5.41, 5.74) is 2.16. The van der Waals surface area contributed by atoms with Crippen molar-refractivity contribution >= 4 is 17.7 Å². The molecule has 2 unspecified atom stereocenters. The van der Waals surface area contributed by atoms with Crippen LogP contribution >= 0.6 is 11.8 Å². The Morgan fingerprint density at radius 2 is 2.33 bits per heavy atom. The van der Waals surface area contributed by atoms with Crippen LogP contribution in [0.2, 0.25) is 0 Å². The number of carbonyl (C=O) groups excluding carboxylic acids is 1. The lowest BCUT2D eigenvalue weighted by Crippen LogP contribution is -2.45. The summed E-state index contributed by atoms with van der Waals surface area (Å²) in [7, 11) is 0. The van der Waals surface area contributed by atoms with Crippen LogP contribution in [0.1, 0.15) is 26.7 Å². The van der Waals surface area contributed by atoms with Crippen molar-refractivity contribution in [2.24, 2.45) is 5.84 Å². The van der Waals surface area contributed by atoms with Gasteiger partial charge in [-0.3, -0.25) is 15.1 Å². The van der Waals surface area contributed by atoms with Gasteiger partial charge in [0.2, 0.25) is 5.91 Å². The van der Waals surface area contributed by atoms with Crippen LogP contribution in [0.15, 0.2) is 0 Å². The number of amides is 1. The minimum absolute atomic E-state index is 0.0675. The molecule has 1 amide bonds. The molecule has 4 nitrogen and oxygen atoms in total. The van der Waals surface area contributed by atoms with E-state index in [4.69, 9.17) is 5.84 Å². The number of thioether (sulfide) groups is 1. The molecule has 0 aromatic carbocycles. The highest BCUT2D eigenvalue weighted by Crippen LogP contribution is 2.24. The molecule has 3 N–H and O–H groups in total. The van der Waals surface area contributed by atoms with Crippen LogP contribution in [0.5, 0.6) is 0 Å². The third-order valence-corrected chi connectivity index (χ3v) is 4.36. The minimum Gasteiger partial charge on any atom is -0.299 e. The second-order valence-electron chi connectivity index (χ2n) is 4.02. The second kappa shape index (κ2) is 6.35. The third kappa shape index (κ3) is 4.01. The number of hydrogen-bond acceptors (Lipinski definition) is 4. The zero-order valence-corrected chi connectivity index (χ0v) is 10.3. The summed E-state index contributed by atoms with van der Waals surface area (Å²) in [5.74, 6) is 6.16. The Labute approximate surface area is 95.9 Å². The highest BCUT2D eigenvalue weighted by Gasteiger charge is 2.24. The average Bonchev–Trinajstić information content (AvgIpc) is 2.24. The molecule has 1 fully saturated rings. The first kappa shape index (κ1) is 12.8. The number of hydrogen-bond donors (Lipinski definition) is 2. The van der Waals surface area contributed by atoms with E-state index in [9.17, 15) is 4.79 Å². The second-order valence-corrected chi connectivity index (χ2v) is 5.51. The number of carbonyl (C=O) groups is 1. The number of nitrogens with zero attached hydrogens (tertiary/aromatic N) is 1. The lowest BCUT2D eigenvalue weighted by atomic mass is 10.2. The average molecular weight is 231 g/mol. The van der Waals surface area contributed by atoms with Crippen molar-refractivity contribution in [3.8, 4) is 0 Å². The van der Waals surface area contributed by atoms with Gasteiger partial charge >= 0.3 is 0 Å². The van der Waals surface area contributed by atoms with Gasteiger partial charge in [-0.1, -0.05) is 6.92 Å². The van der Waals surface area contributed by atoms with Crippen LogP contribution < -0.4 is 11.3 Å². The predicted molar refractivity (Wildman–Crippen MR) is 64.5 cm³/mol. The third-order valence-electron chi connectivity index (χ3n) is 3.02. The lowest BCUT2D eigenvalue weighted by Gasteiger charge is -2.37. The topological polar surface area (TPSA) is 58.4 Å². The van der Waals surface area contributed by atoms with E-state index in [0.29, 0.717) is 17.7 Å². The summed E-state index contributed by atoms with van der Waals surface area (Å²) in [6.45, 7) is 6.67. The van der Waals surface area contributed by atoms with Crippen molar-refractivity contribution in [2.45, 2.75) is 38.0 Å². The molecule has 0 aromatic heterocycles. The Morgan fingerprint density at radius 1 is 1.60 bits per heavy atom. The minimum atomic E-state index is -0.0675. The molecule has 2 atom stereocenters. The molecular weight excluding hydrogens is 210 g/mol. The summed E-state index contributed by atoms with van der Waals surface area (Å²) < 4.78 is 0. The Bertz CT molecular complexity index is 213. The maximum absolute atomic E-state index is 10.9. The molecule has 0 radical (unpaired) electrons. The molecule has 1 saturated heterocycles. The zero-order chi connectivity index (χ0) is 11.3. The van der Waals surface area contributed by atoms with E-state index in [1.165, 1.54) is 5.75 Å². The molecule has 1 aliphatic heterocycles. The van der Waals surface area contributed by atoms with E-state index in [0.717, 1.165) is 19.5 Å². The maximum Gasteiger partial charge on any atom is 0.233 e. The van der Waals surface area contributed by atoms with Crippen LogP contribution in [0.3, 0.4) is 0 Å². The van der Waals surface area contributed by atoms with Gasteiger partial charge in [0, 0.05) is 30.0 Å². The fourth-order valence-electron chi connectivity index (χ4n) is 1.83. The molecule has 0 spiro atoms. The van der Waals surface area contributed by atoms with E-state index in [1.807, 2.05) is 11.8 Å². The van der Waals surface area contributed by atoms with Crippen molar-refractivity contribution in [2.75, 3.05) is 18.8 Å². The van der Waals surface area contributed by atoms with Crippen molar-refractivity contribution in [3.63, 3.8) is 0 Å². The quantitative estimate of drug-likeness (QED) is 0.422. The van der Waals surface area contributed by atoms with Crippen LogP contribution in [0.4, 0.5) is 0 Å². The SMILES string of the molecule is CC1SCCN(CCCC(=O)NN)C1C. The number of nitrogens with one attached hydrogen (secondary N) is 1. The van der Waals surface area contributed by atoms with E-state index in [-0.39, 0.29) is 5.91 Å². The van der Waals surface area contributed by atoms with Gasteiger partial charge in [0.05, 0.1) is 0 Å². The number of hydrazine groups is 1.